The zero-order valence-corrected chi connectivity index (χ0v) is 15.0. The Morgan fingerprint density at radius 1 is 1.44 bits per heavy atom. The van der Waals surface area contributed by atoms with Gasteiger partial charge in [0.15, 0.2) is 0 Å². The Balaban J connectivity index is 1.46. The van der Waals surface area contributed by atoms with Gasteiger partial charge in [-0.25, -0.2) is 4.98 Å². The maximum absolute atomic E-state index is 12.4. The molecule has 2 N–H and O–H groups in total. The molecule has 0 unspecified atom stereocenters. The van der Waals surface area contributed by atoms with Crippen molar-refractivity contribution in [3.63, 3.8) is 0 Å². The van der Waals surface area contributed by atoms with E-state index in [1.807, 2.05) is 39.1 Å². The van der Waals surface area contributed by atoms with Gasteiger partial charge in [-0.3, -0.25) is 15.0 Å². The first kappa shape index (κ1) is 17.4. The van der Waals surface area contributed by atoms with Gasteiger partial charge in [0.1, 0.15) is 5.82 Å². The highest BCUT2D eigenvalue weighted by atomic mass is 16.5. The minimum Gasteiger partial charge on any atom is -0.370 e. The van der Waals surface area contributed by atoms with Crippen LogP contribution in [0.3, 0.4) is 0 Å². The smallest absolute Gasteiger partial charge is 0.243 e. The Bertz CT molecular complexity index is 713. The van der Waals surface area contributed by atoms with Gasteiger partial charge in [-0.2, -0.15) is 0 Å². The molecule has 2 aromatic rings. The SMILES string of the molecule is Cc1ccc(NC[C@H]2CCN([C@@H](C)C(=O)Nc3cc(C)no3)C2)nc1. The van der Waals surface area contributed by atoms with Gasteiger partial charge >= 0.3 is 0 Å². The number of aromatic nitrogens is 2. The zero-order chi connectivity index (χ0) is 17.8. The van der Waals surface area contributed by atoms with Crippen LogP contribution in [0.1, 0.15) is 24.6 Å². The van der Waals surface area contributed by atoms with Crippen molar-refractivity contribution in [3.05, 3.63) is 35.7 Å². The number of anilines is 2. The number of hydrogen-bond acceptors (Lipinski definition) is 6. The lowest BCUT2D eigenvalue weighted by Gasteiger charge is -2.23. The lowest BCUT2D eigenvalue weighted by Crippen LogP contribution is -2.41. The van der Waals surface area contributed by atoms with Crippen molar-refractivity contribution in [2.24, 2.45) is 5.92 Å². The third kappa shape index (κ3) is 4.57. The fraction of sp³-hybridized carbons (Fsp3) is 0.500. The van der Waals surface area contributed by atoms with Crippen molar-refractivity contribution in [2.75, 3.05) is 30.3 Å². The van der Waals surface area contributed by atoms with Crippen molar-refractivity contribution in [1.29, 1.82) is 0 Å². The topological polar surface area (TPSA) is 83.3 Å². The van der Waals surface area contributed by atoms with E-state index < -0.39 is 0 Å². The Labute approximate surface area is 147 Å². The van der Waals surface area contributed by atoms with Crippen LogP contribution in [0, 0.1) is 19.8 Å². The number of carbonyl (C=O) groups excluding carboxylic acids is 1. The molecule has 7 nitrogen and oxygen atoms in total. The number of carbonyl (C=O) groups is 1. The van der Waals surface area contributed by atoms with Crippen LogP contribution < -0.4 is 10.6 Å². The molecule has 2 atom stereocenters. The third-order valence-corrected chi connectivity index (χ3v) is 4.60. The number of hydrogen-bond donors (Lipinski definition) is 2. The molecule has 3 heterocycles. The van der Waals surface area contributed by atoms with Gasteiger partial charge in [0.05, 0.1) is 11.7 Å². The average molecular weight is 343 g/mol. The summed E-state index contributed by atoms with van der Waals surface area (Å²) < 4.78 is 5.05. The summed E-state index contributed by atoms with van der Waals surface area (Å²) >= 11 is 0. The molecule has 0 aliphatic carbocycles. The molecule has 1 saturated heterocycles. The van der Waals surface area contributed by atoms with E-state index in [1.54, 1.807) is 6.07 Å². The Kier molecular flexibility index (Phi) is 5.33. The average Bonchev–Trinajstić information content (AvgIpc) is 3.23. The minimum absolute atomic E-state index is 0.0649. The van der Waals surface area contributed by atoms with Gasteiger partial charge in [-0.15, -0.1) is 0 Å². The molecule has 0 saturated carbocycles. The van der Waals surface area contributed by atoms with Crippen LogP contribution in [0.15, 0.2) is 28.9 Å². The van der Waals surface area contributed by atoms with Gasteiger partial charge in [-0.1, -0.05) is 11.2 Å². The summed E-state index contributed by atoms with van der Waals surface area (Å²) in [4.78, 5) is 18.9. The number of amides is 1. The second-order valence-corrected chi connectivity index (χ2v) is 6.75. The van der Waals surface area contributed by atoms with Crippen LogP contribution in [0.5, 0.6) is 0 Å². The van der Waals surface area contributed by atoms with Crippen molar-refractivity contribution >= 4 is 17.6 Å². The van der Waals surface area contributed by atoms with Gasteiger partial charge in [0.2, 0.25) is 11.8 Å². The number of nitrogens with zero attached hydrogens (tertiary/aromatic N) is 3. The Morgan fingerprint density at radius 2 is 2.28 bits per heavy atom. The molecule has 1 amide bonds. The normalized spacial score (nSPS) is 18.9. The minimum atomic E-state index is -0.201. The lowest BCUT2D eigenvalue weighted by molar-refractivity contribution is -0.120. The standard InChI is InChI=1S/C18H25N5O2/c1-12-4-5-16(19-9-12)20-10-15-6-7-23(11-15)14(3)18(24)21-17-8-13(2)22-25-17/h4-5,8-9,14-15H,6-7,10-11H2,1-3H3,(H,19,20)(H,21,24)/t14-,15+/m0/s1. The molecule has 25 heavy (non-hydrogen) atoms. The van der Waals surface area contributed by atoms with Crippen LogP contribution in [0.4, 0.5) is 11.7 Å². The Hall–Kier alpha value is -2.41. The molecule has 3 rings (SSSR count). The van der Waals surface area contributed by atoms with E-state index >= 15 is 0 Å². The van der Waals surface area contributed by atoms with Crippen LogP contribution >= 0.6 is 0 Å². The van der Waals surface area contributed by atoms with Crippen LogP contribution in [-0.4, -0.2) is 46.6 Å². The van der Waals surface area contributed by atoms with E-state index in [0.717, 1.165) is 43.1 Å². The highest BCUT2D eigenvalue weighted by Gasteiger charge is 2.29. The van der Waals surface area contributed by atoms with Crippen LogP contribution in [0.25, 0.3) is 0 Å². The molecular weight excluding hydrogens is 318 g/mol. The first-order chi connectivity index (χ1) is 12.0. The summed E-state index contributed by atoms with van der Waals surface area (Å²) in [5.41, 5.74) is 1.90. The summed E-state index contributed by atoms with van der Waals surface area (Å²) in [7, 11) is 0. The molecule has 134 valence electrons. The van der Waals surface area contributed by atoms with E-state index in [2.05, 4.69) is 25.7 Å². The predicted molar refractivity (Wildman–Crippen MR) is 96.5 cm³/mol. The monoisotopic (exact) mass is 343 g/mol. The van der Waals surface area contributed by atoms with Crippen LogP contribution in [0.2, 0.25) is 0 Å². The fourth-order valence-electron chi connectivity index (χ4n) is 3.02. The molecule has 1 aliphatic heterocycles. The molecule has 7 heteroatoms. The van der Waals surface area contributed by atoms with E-state index in [4.69, 9.17) is 4.52 Å². The van der Waals surface area contributed by atoms with E-state index in [9.17, 15) is 4.79 Å². The van der Waals surface area contributed by atoms with Gasteiger partial charge in [-0.05, 0) is 51.3 Å². The van der Waals surface area contributed by atoms with Crippen molar-refractivity contribution < 1.29 is 9.32 Å². The molecule has 0 bridgehead atoms. The second kappa shape index (κ2) is 7.65. The number of pyridine rings is 1. The fourth-order valence-corrected chi connectivity index (χ4v) is 3.02. The van der Waals surface area contributed by atoms with E-state index in [0.29, 0.717) is 11.8 Å². The predicted octanol–water partition coefficient (Wildman–Crippen LogP) is 2.45. The number of aryl methyl sites for hydroxylation is 2. The number of nitrogens with one attached hydrogen (secondary N) is 2. The largest absolute Gasteiger partial charge is 0.370 e. The Morgan fingerprint density at radius 3 is 2.96 bits per heavy atom. The van der Waals surface area contributed by atoms with Crippen molar-refractivity contribution in [3.8, 4) is 0 Å². The van der Waals surface area contributed by atoms with Gasteiger partial charge in [0.25, 0.3) is 0 Å². The summed E-state index contributed by atoms with van der Waals surface area (Å²) in [5, 5.41) is 9.95. The highest BCUT2D eigenvalue weighted by Crippen LogP contribution is 2.20. The zero-order valence-electron chi connectivity index (χ0n) is 15.0. The maximum Gasteiger partial charge on any atom is 0.243 e. The molecular formula is C18H25N5O2. The highest BCUT2D eigenvalue weighted by molar-refractivity contribution is 5.93. The summed E-state index contributed by atoms with van der Waals surface area (Å²) in [6.07, 6.45) is 2.93. The molecule has 0 spiro atoms. The van der Waals surface area contributed by atoms with E-state index in [1.165, 1.54) is 0 Å². The molecule has 0 radical (unpaired) electrons. The van der Waals surface area contributed by atoms with Gasteiger partial charge < -0.3 is 9.84 Å². The molecule has 1 aliphatic rings. The van der Waals surface area contributed by atoms with Crippen molar-refractivity contribution in [1.82, 2.24) is 15.0 Å². The number of likely N-dealkylation sites (tertiary alicyclic amines) is 1. The van der Waals surface area contributed by atoms with E-state index in [-0.39, 0.29) is 11.9 Å². The summed E-state index contributed by atoms with van der Waals surface area (Å²) in [6, 6.07) is 5.56. The second-order valence-electron chi connectivity index (χ2n) is 6.75. The lowest BCUT2D eigenvalue weighted by atomic mass is 10.1. The first-order valence-electron chi connectivity index (χ1n) is 8.66. The van der Waals surface area contributed by atoms with Crippen molar-refractivity contribution in [2.45, 2.75) is 33.2 Å². The molecule has 0 aromatic carbocycles. The van der Waals surface area contributed by atoms with Gasteiger partial charge in [0, 0.05) is 25.4 Å². The first-order valence-corrected chi connectivity index (χ1v) is 8.66. The molecule has 2 aromatic heterocycles. The maximum atomic E-state index is 12.4. The van der Waals surface area contributed by atoms with Crippen LogP contribution in [-0.2, 0) is 4.79 Å². The molecule has 1 fully saturated rings. The summed E-state index contributed by atoms with van der Waals surface area (Å²) in [5.74, 6) is 1.74. The quantitative estimate of drug-likeness (QED) is 0.838. The number of rotatable bonds is 6. The third-order valence-electron chi connectivity index (χ3n) is 4.60. The summed E-state index contributed by atoms with van der Waals surface area (Å²) in [6.45, 7) is 8.44.